The van der Waals surface area contributed by atoms with Gasteiger partial charge in [0.05, 0.1) is 25.0 Å². The Balaban J connectivity index is 1.03. The van der Waals surface area contributed by atoms with Crippen molar-refractivity contribution in [2.24, 2.45) is 11.8 Å². The Kier molecular flexibility index (Phi) is 8.94. The summed E-state index contributed by atoms with van der Waals surface area (Å²) in [5.41, 5.74) is 4.26. The zero-order chi connectivity index (χ0) is 34.4. The number of rotatable bonds is 8. The molecule has 49 heavy (non-hydrogen) atoms. The van der Waals surface area contributed by atoms with Gasteiger partial charge in [0.2, 0.25) is 6.29 Å². The van der Waals surface area contributed by atoms with Crippen LogP contribution in [-0.4, -0.2) is 99.4 Å². The third-order valence-corrected chi connectivity index (χ3v) is 9.86. The highest BCUT2D eigenvalue weighted by molar-refractivity contribution is 5.96. The molecule has 2 saturated heterocycles. The number of piperidine rings is 1. The molecule has 0 saturated carbocycles. The summed E-state index contributed by atoms with van der Waals surface area (Å²) in [7, 11) is 1.42. The molecule has 0 aliphatic carbocycles. The lowest BCUT2D eigenvalue weighted by molar-refractivity contribution is -0.339. The first kappa shape index (κ1) is 32.9. The number of ether oxygens (including phenoxy) is 5. The van der Waals surface area contributed by atoms with Gasteiger partial charge < -0.3 is 54.0 Å². The molecule has 3 aromatic rings. The number of benzene rings is 2. The zero-order valence-corrected chi connectivity index (χ0v) is 26.7. The van der Waals surface area contributed by atoms with E-state index in [0.717, 1.165) is 29.1 Å². The van der Waals surface area contributed by atoms with E-state index >= 15 is 0 Å². The monoisotopic (exact) mass is 674 g/mol. The van der Waals surface area contributed by atoms with Crippen molar-refractivity contribution in [2.45, 2.75) is 55.9 Å². The summed E-state index contributed by atoms with van der Waals surface area (Å²) < 4.78 is 28.0. The number of fused-ring (bicyclic) bond motifs is 6. The van der Waals surface area contributed by atoms with Gasteiger partial charge in [-0.15, -0.1) is 6.58 Å². The third-order valence-electron chi connectivity index (χ3n) is 9.86. The molecule has 5 N–H and O–H groups in total. The maximum atomic E-state index is 13.7. The Morgan fingerprint density at radius 2 is 1.94 bits per heavy atom. The van der Waals surface area contributed by atoms with Gasteiger partial charge in [-0.2, -0.15) is 0 Å². The first-order valence-corrected chi connectivity index (χ1v) is 16.1. The molecule has 4 aliphatic heterocycles. The average molecular weight is 675 g/mol. The summed E-state index contributed by atoms with van der Waals surface area (Å²) in [4.78, 5) is 31.6. The second kappa shape index (κ2) is 13.3. The maximum Gasteiger partial charge on any atom is 0.330 e. The van der Waals surface area contributed by atoms with E-state index in [1.54, 1.807) is 18.2 Å². The number of aromatic hydroxyl groups is 1. The summed E-state index contributed by atoms with van der Waals surface area (Å²) >= 11 is 0. The molecule has 0 unspecified atom stereocenters. The number of nitrogens with one attached hydrogen (secondary N) is 1. The first-order chi connectivity index (χ1) is 23.7. The molecule has 7 rings (SSSR count). The van der Waals surface area contributed by atoms with Crippen LogP contribution in [0.15, 0.2) is 73.0 Å². The molecular weight excluding hydrogens is 636 g/mol. The number of aliphatic hydroxyl groups excluding tert-OH is 3. The van der Waals surface area contributed by atoms with Crippen molar-refractivity contribution in [1.82, 2.24) is 9.88 Å². The molecule has 2 fully saturated rings. The Morgan fingerprint density at radius 3 is 2.71 bits per heavy atom. The molecule has 13 heteroatoms. The van der Waals surface area contributed by atoms with Crippen LogP contribution in [0.2, 0.25) is 0 Å². The number of phenols is 1. The number of methoxy groups -OCH3 is 1. The summed E-state index contributed by atoms with van der Waals surface area (Å²) in [6.45, 7) is 4.10. The second-order valence-corrected chi connectivity index (χ2v) is 12.6. The van der Waals surface area contributed by atoms with E-state index in [9.17, 15) is 30.0 Å². The Hall–Kier alpha value is -4.66. The Labute approximate surface area is 281 Å². The number of carbonyl (C=O) groups excluding carboxylic acids is 2. The van der Waals surface area contributed by atoms with Gasteiger partial charge in [-0.1, -0.05) is 30.3 Å². The van der Waals surface area contributed by atoms with Gasteiger partial charge in [0.15, 0.2) is 17.8 Å². The topological polar surface area (TPSA) is 180 Å². The van der Waals surface area contributed by atoms with Crippen LogP contribution in [0, 0.1) is 11.8 Å². The van der Waals surface area contributed by atoms with E-state index < -0.39 is 55.5 Å². The number of amides is 1. The van der Waals surface area contributed by atoms with Crippen LogP contribution in [-0.2, 0) is 35.0 Å². The lowest BCUT2D eigenvalue weighted by Crippen LogP contribution is -2.60. The van der Waals surface area contributed by atoms with E-state index in [1.807, 2.05) is 23.1 Å². The standard InChI is InChI=1S/C36H38N2O11/c1-3-19-22-15-25-30-21(20-6-4-5-7-24(20)37-30)12-13-38(25)34(44)23(22)16-47-35(19)49-36-33(43)32(42)31(41)28(48-36)17-46-29(40)11-9-18-8-10-27(45-2)26(39)14-18/h3-11,14,16,19,22,25,28,31-33,35-37,39,41-43H,1,12-13,15,17H2,2H3/b11-9+/t19-,22+,25-,28-,31-,32+,33-,35+,36+/m1/s1. The normalized spacial score (nSPS) is 30.9. The minimum Gasteiger partial charge on any atom is -0.504 e. The molecule has 0 bridgehead atoms. The van der Waals surface area contributed by atoms with Crippen LogP contribution < -0.4 is 4.74 Å². The number of esters is 1. The summed E-state index contributed by atoms with van der Waals surface area (Å²) in [6.07, 6.45) is -1.84. The summed E-state index contributed by atoms with van der Waals surface area (Å²) in [5.74, 6) is -1.57. The van der Waals surface area contributed by atoms with Crippen molar-refractivity contribution in [3.05, 3.63) is 89.9 Å². The van der Waals surface area contributed by atoms with Gasteiger partial charge in [0.1, 0.15) is 31.0 Å². The fraction of sp³-hybridized carbons (Fsp3) is 0.389. The number of H-pyrrole nitrogens is 1. The van der Waals surface area contributed by atoms with Crippen LogP contribution in [0.1, 0.15) is 29.3 Å². The third kappa shape index (κ3) is 5.97. The molecule has 9 atom stereocenters. The number of aromatic nitrogens is 1. The summed E-state index contributed by atoms with van der Waals surface area (Å²) in [5, 5.41) is 43.2. The number of nitrogens with zero attached hydrogens (tertiary/aromatic N) is 1. The maximum absolute atomic E-state index is 13.7. The van der Waals surface area contributed by atoms with Crippen LogP contribution in [0.4, 0.5) is 0 Å². The largest absolute Gasteiger partial charge is 0.504 e. The van der Waals surface area contributed by atoms with Crippen molar-refractivity contribution in [3.63, 3.8) is 0 Å². The molecule has 1 aromatic heterocycles. The second-order valence-electron chi connectivity index (χ2n) is 12.6. The lowest BCUT2D eigenvalue weighted by atomic mass is 9.74. The summed E-state index contributed by atoms with van der Waals surface area (Å²) in [6, 6.07) is 12.5. The van der Waals surface area contributed by atoms with E-state index in [2.05, 4.69) is 17.6 Å². The van der Waals surface area contributed by atoms with Crippen molar-refractivity contribution in [3.8, 4) is 11.5 Å². The molecule has 13 nitrogen and oxygen atoms in total. The van der Waals surface area contributed by atoms with E-state index in [4.69, 9.17) is 23.7 Å². The van der Waals surface area contributed by atoms with Crippen molar-refractivity contribution < 1.29 is 53.7 Å². The minimum absolute atomic E-state index is 0.0999. The zero-order valence-electron chi connectivity index (χ0n) is 26.7. The average Bonchev–Trinajstić information content (AvgIpc) is 3.50. The number of para-hydroxylation sites is 1. The van der Waals surface area contributed by atoms with Crippen LogP contribution in [0.3, 0.4) is 0 Å². The van der Waals surface area contributed by atoms with E-state index in [0.29, 0.717) is 24.1 Å². The first-order valence-electron chi connectivity index (χ1n) is 16.1. The highest BCUT2D eigenvalue weighted by atomic mass is 16.8. The molecule has 1 amide bonds. The van der Waals surface area contributed by atoms with Crippen LogP contribution in [0.5, 0.6) is 11.5 Å². The predicted molar refractivity (Wildman–Crippen MR) is 174 cm³/mol. The molecular formula is C36H38N2O11. The highest BCUT2D eigenvalue weighted by Crippen LogP contribution is 2.48. The SMILES string of the molecule is C=C[C@H]1[C@H](O[C@@H]2O[C@H](COC(=O)/C=C/c3ccc(OC)c(O)c3)[C@@H](O)[C@H](O)[C@H]2O)OC=C2C(=O)N3CCc4c([nH]c5ccccc45)[C@H]3C[C@H]21. The van der Waals surface area contributed by atoms with E-state index in [1.165, 1.54) is 31.1 Å². The number of phenolic OH excluding ortho intramolecular Hbond substituents is 1. The Bertz CT molecular complexity index is 1820. The van der Waals surface area contributed by atoms with Crippen LogP contribution in [0.25, 0.3) is 17.0 Å². The van der Waals surface area contributed by atoms with Gasteiger partial charge in [0.25, 0.3) is 5.91 Å². The van der Waals surface area contributed by atoms with Gasteiger partial charge in [-0.25, -0.2) is 4.79 Å². The van der Waals surface area contributed by atoms with Crippen LogP contribution >= 0.6 is 0 Å². The molecule has 4 aliphatic rings. The Morgan fingerprint density at radius 1 is 1.12 bits per heavy atom. The van der Waals surface area contributed by atoms with Gasteiger partial charge in [-0.05, 0) is 48.2 Å². The molecule has 258 valence electrons. The molecule has 5 heterocycles. The van der Waals surface area contributed by atoms with Crippen molar-refractivity contribution >= 4 is 28.9 Å². The smallest absolute Gasteiger partial charge is 0.330 e. The van der Waals surface area contributed by atoms with Gasteiger partial charge >= 0.3 is 5.97 Å². The fourth-order valence-electron chi connectivity index (χ4n) is 7.31. The van der Waals surface area contributed by atoms with Gasteiger partial charge in [0, 0.05) is 41.1 Å². The van der Waals surface area contributed by atoms with E-state index in [-0.39, 0.29) is 29.4 Å². The highest BCUT2D eigenvalue weighted by Gasteiger charge is 2.51. The molecule has 0 spiro atoms. The predicted octanol–water partition coefficient (Wildman–Crippen LogP) is 2.45. The van der Waals surface area contributed by atoms with Gasteiger partial charge in [-0.3, -0.25) is 4.79 Å². The van der Waals surface area contributed by atoms with Crippen molar-refractivity contribution in [1.29, 1.82) is 0 Å². The number of hydrogen-bond donors (Lipinski definition) is 5. The number of carbonyl (C=O) groups is 2. The quantitative estimate of drug-likeness (QED) is 0.135. The number of aromatic amines is 1. The lowest BCUT2D eigenvalue weighted by Gasteiger charge is -2.48. The number of hydrogen-bond acceptors (Lipinski definition) is 11. The molecule has 0 radical (unpaired) electrons. The minimum atomic E-state index is -1.69. The molecule has 2 aromatic carbocycles. The number of aliphatic hydroxyl groups is 3. The van der Waals surface area contributed by atoms with Crippen molar-refractivity contribution in [2.75, 3.05) is 20.3 Å². The fourth-order valence-corrected chi connectivity index (χ4v) is 7.31.